The molecule has 0 aliphatic carbocycles. The highest BCUT2D eigenvalue weighted by Crippen LogP contribution is 1.92. The molecule has 0 bridgehead atoms. The number of carbonyl (C=O) groups is 2. The fraction of sp³-hybridized carbons (Fsp3) is 0.750. The summed E-state index contributed by atoms with van der Waals surface area (Å²) in [6.45, 7) is 2.14. The van der Waals surface area contributed by atoms with Crippen molar-refractivity contribution >= 4 is 11.8 Å². The maximum absolute atomic E-state index is 10.7. The van der Waals surface area contributed by atoms with Crippen molar-refractivity contribution in [1.29, 1.82) is 0 Å². The molecule has 0 fully saturated rings. The minimum absolute atomic E-state index is 0.116. The van der Waals surface area contributed by atoms with Gasteiger partial charge >= 0.3 is 5.97 Å². The molecule has 0 heterocycles. The monoisotopic (exact) mass is 173 g/mol. The molecule has 0 aromatic rings. The average molecular weight is 173 g/mol. The second kappa shape index (κ2) is 6.79. The highest BCUT2D eigenvalue weighted by Gasteiger charge is 2.00. The van der Waals surface area contributed by atoms with Gasteiger partial charge in [0.15, 0.2) is 0 Å². The maximum atomic E-state index is 10.7. The van der Waals surface area contributed by atoms with Gasteiger partial charge in [0.2, 0.25) is 0 Å². The van der Waals surface area contributed by atoms with Gasteiger partial charge in [-0.15, -0.1) is 0 Å². The molecule has 0 spiro atoms. The van der Waals surface area contributed by atoms with Crippen molar-refractivity contribution in [3.8, 4) is 0 Å². The molecule has 2 N–H and O–H groups in total. The fourth-order valence-electron chi connectivity index (χ4n) is 0.697. The topological polar surface area (TPSA) is 69.4 Å². The van der Waals surface area contributed by atoms with Gasteiger partial charge < -0.3 is 15.3 Å². The van der Waals surface area contributed by atoms with Crippen LogP contribution in [0.15, 0.2) is 0 Å². The number of rotatable bonds is 6. The normalized spacial score (nSPS) is 9.50. The number of Topliss-reactive ketones (excluding diaryl/α,β-unsaturated/α-hetero) is 1. The summed E-state index contributed by atoms with van der Waals surface area (Å²) < 4.78 is 4.76. The Labute approximate surface area is 72.1 Å². The number of carbonyl (C=O) groups excluding carboxylic acids is 2. The molecule has 0 atom stereocenters. The molecule has 0 radical (unpaired) electrons. The van der Waals surface area contributed by atoms with Crippen LogP contribution < -0.4 is 5.73 Å². The van der Waals surface area contributed by atoms with Gasteiger partial charge in [-0.2, -0.15) is 0 Å². The summed E-state index contributed by atoms with van der Waals surface area (Å²) >= 11 is 0. The summed E-state index contributed by atoms with van der Waals surface area (Å²) in [5, 5.41) is 0. The summed E-state index contributed by atoms with van der Waals surface area (Å²) in [5.74, 6) is -0.175. The lowest BCUT2D eigenvalue weighted by Gasteiger charge is -2.01. The van der Waals surface area contributed by atoms with E-state index in [1.54, 1.807) is 0 Å². The van der Waals surface area contributed by atoms with Crippen LogP contribution in [0.25, 0.3) is 0 Å². The molecule has 4 nitrogen and oxygen atoms in total. The Hall–Kier alpha value is -0.900. The van der Waals surface area contributed by atoms with E-state index in [-0.39, 0.29) is 18.2 Å². The van der Waals surface area contributed by atoms with E-state index in [0.717, 1.165) is 0 Å². The van der Waals surface area contributed by atoms with Crippen molar-refractivity contribution in [1.82, 2.24) is 0 Å². The van der Waals surface area contributed by atoms with Crippen LogP contribution in [0.4, 0.5) is 0 Å². The molecule has 0 saturated carbocycles. The van der Waals surface area contributed by atoms with Gasteiger partial charge in [0.25, 0.3) is 0 Å². The standard InChI is InChI=1S/C8H15NO3/c1-7(10)3-2-6-12-8(11)4-5-9/h2-6,9H2,1H3. The van der Waals surface area contributed by atoms with Crippen molar-refractivity contribution < 1.29 is 14.3 Å². The third kappa shape index (κ3) is 7.21. The second-order valence-corrected chi connectivity index (χ2v) is 2.56. The van der Waals surface area contributed by atoms with Crippen LogP contribution in [0.2, 0.25) is 0 Å². The Morgan fingerprint density at radius 3 is 2.50 bits per heavy atom. The fourth-order valence-corrected chi connectivity index (χ4v) is 0.697. The van der Waals surface area contributed by atoms with Gasteiger partial charge in [-0.25, -0.2) is 0 Å². The van der Waals surface area contributed by atoms with Crippen LogP contribution in [0.5, 0.6) is 0 Å². The molecule has 70 valence electrons. The largest absolute Gasteiger partial charge is 0.466 e. The maximum Gasteiger partial charge on any atom is 0.307 e. The summed E-state index contributed by atoms with van der Waals surface area (Å²) in [6, 6.07) is 0. The molecule has 0 saturated heterocycles. The highest BCUT2D eigenvalue weighted by molar-refractivity contribution is 5.75. The van der Waals surface area contributed by atoms with E-state index < -0.39 is 0 Å². The number of esters is 1. The van der Waals surface area contributed by atoms with Crippen molar-refractivity contribution in [3.05, 3.63) is 0 Å². The van der Waals surface area contributed by atoms with Crippen molar-refractivity contribution in [2.75, 3.05) is 13.2 Å². The predicted octanol–water partition coefficient (Wildman–Crippen LogP) is 0.248. The molecule has 0 unspecified atom stereocenters. The van der Waals surface area contributed by atoms with Crippen LogP contribution in [0.3, 0.4) is 0 Å². The Bertz CT molecular complexity index is 156. The summed E-state index contributed by atoms with van der Waals surface area (Å²) in [7, 11) is 0. The van der Waals surface area contributed by atoms with Crippen LogP contribution >= 0.6 is 0 Å². The van der Waals surface area contributed by atoms with E-state index in [1.807, 2.05) is 0 Å². The Kier molecular flexibility index (Phi) is 6.28. The Balaban J connectivity index is 3.19. The van der Waals surface area contributed by atoms with Crippen LogP contribution in [0, 0.1) is 0 Å². The second-order valence-electron chi connectivity index (χ2n) is 2.56. The number of ketones is 1. The molecular weight excluding hydrogens is 158 g/mol. The molecule has 0 aromatic heterocycles. The predicted molar refractivity (Wildman–Crippen MR) is 44.5 cm³/mol. The van der Waals surface area contributed by atoms with Gasteiger partial charge in [-0.05, 0) is 13.3 Å². The zero-order chi connectivity index (χ0) is 9.40. The first-order valence-corrected chi connectivity index (χ1v) is 4.02. The molecule has 0 amide bonds. The summed E-state index contributed by atoms with van der Waals surface area (Å²) in [5.41, 5.74) is 5.13. The lowest BCUT2D eigenvalue weighted by molar-refractivity contribution is -0.143. The van der Waals surface area contributed by atoms with E-state index in [9.17, 15) is 9.59 Å². The number of nitrogens with two attached hydrogens (primary N) is 1. The third-order valence-corrected chi connectivity index (χ3v) is 1.28. The SMILES string of the molecule is CC(=O)CCCOC(=O)CCN. The van der Waals surface area contributed by atoms with E-state index in [4.69, 9.17) is 10.5 Å². The number of hydrogen-bond acceptors (Lipinski definition) is 4. The van der Waals surface area contributed by atoms with Crippen molar-refractivity contribution in [2.24, 2.45) is 5.73 Å². The van der Waals surface area contributed by atoms with Gasteiger partial charge in [0.1, 0.15) is 5.78 Å². The quantitative estimate of drug-likeness (QED) is 0.461. The lowest BCUT2D eigenvalue weighted by atomic mass is 10.2. The molecular formula is C8H15NO3. The molecule has 0 aliphatic rings. The Morgan fingerprint density at radius 2 is 2.00 bits per heavy atom. The molecule has 4 heteroatoms. The van der Waals surface area contributed by atoms with Gasteiger partial charge in [-0.3, -0.25) is 4.79 Å². The molecule has 0 aromatic carbocycles. The first-order chi connectivity index (χ1) is 5.66. The van der Waals surface area contributed by atoms with Gasteiger partial charge in [-0.1, -0.05) is 0 Å². The summed E-state index contributed by atoms with van der Waals surface area (Å²) in [6.07, 6.45) is 1.32. The van der Waals surface area contributed by atoms with Gasteiger partial charge in [0.05, 0.1) is 13.0 Å². The zero-order valence-corrected chi connectivity index (χ0v) is 7.34. The van der Waals surface area contributed by atoms with Crippen molar-refractivity contribution in [2.45, 2.75) is 26.2 Å². The minimum atomic E-state index is -0.291. The highest BCUT2D eigenvalue weighted by atomic mass is 16.5. The Morgan fingerprint density at radius 1 is 1.33 bits per heavy atom. The van der Waals surface area contributed by atoms with Crippen LogP contribution in [0.1, 0.15) is 26.2 Å². The number of hydrogen-bond donors (Lipinski definition) is 1. The van der Waals surface area contributed by atoms with Crippen LogP contribution in [-0.2, 0) is 14.3 Å². The summed E-state index contributed by atoms with van der Waals surface area (Å²) in [4.78, 5) is 21.2. The molecule has 0 aliphatic heterocycles. The van der Waals surface area contributed by atoms with Crippen molar-refractivity contribution in [3.63, 3.8) is 0 Å². The minimum Gasteiger partial charge on any atom is -0.466 e. The first-order valence-electron chi connectivity index (χ1n) is 4.02. The molecule has 12 heavy (non-hydrogen) atoms. The van der Waals surface area contributed by atoms with E-state index >= 15 is 0 Å². The average Bonchev–Trinajstić information content (AvgIpc) is 1.98. The first kappa shape index (κ1) is 11.1. The lowest BCUT2D eigenvalue weighted by Crippen LogP contribution is -2.12. The van der Waals surface area contributed by atoms with Gasteiger partial charge in [0, 0.05) is 13.0 Å². The zero-order valence-electron chi connectivity index (χ0n) is 7.34. The van der Waals surface area contributed by atoms with Crippen LogP contribution in [-0.4, -0.2) is 24.9 Å². The van der Waals surface area contributed by atoms with E-state index in [0.29, 0.717) is 26.0 Å². The molecule has 0 rings (SSSR count). The number of ether oxygens (including phenoxy) is 1. The van der Waals surface area contributed by atoms with E-state index in [1.165, 1.54) is 6.92 Å². The van der Waals surface area contributed by atoms with E-state index in [2.05, 4.69) is 0 Å². The third-order valence-electron chi connectivity index (χ3n) is 1.28. The smallest absolute Gasteiger partial charge is 0.307 e.